The van der Waals surface area contributed by atoms with Crippen LogP contribution in [0.1, 0.15) is 22.6 Å². The molecule has 0 amide bonds. The molecule has 4 aromatic rings. The molecule has 0 fully saturated rings. The van der Waals surface area contributed by atoms with Crippen LogP contribution in [-0.2, 0) is 28.9 Å². The molecule has 2 aromatic heterocycles. The van der Waals surface area contributed by atoms with Crippen molar-refractivity contribution in [3.05, 3.63) is 74.2 Å². The number of alkyl halides is 3. The molecular weight excluding hydrogens is 535 g/mol. The largest absolute Gasteiger partial charge is 0.488 e. The van der Waals surface area contributed by atoms with Gasteiger partial charge in [0, 0.05) is 31.5 Å². The van der Waals surface area contributed by atoms with Gasteiger partial charge in [-0.15, -0.1) is 11.3 Å². The topological polar surface area (TPSA) is 99.5 Å². The van der Waals surface area contributed by atoms with Gasteiger partial charge in [0.15, 0.2) is 5.82 Å². The summed E-state index contributed by atoms with van der Waals surface area (Å²) in [5.41, 5.74) is 0.916. The van der Waals surface area contributed by atoms with Crippen molar-refractivity contribution in [1.29, 1.82) is 0 Å². The Hall–Kier alpha value is -3.19. The number of ether oxygens (including phenoxy) is 3. The highest BCUT2D eigenvalue weighted by molar-refractivity contribution is 7.15. The van der Waals surface area contributed by atoms with Gasteiger partial charge in [-0.25, -0.2) is 9.78 Å². The van der Waals surface area contributed by atoms with Crippen molar-refractivity contribution in [3.63, 3.8) is 0 Å². The molecule has 0 aliphatic carbocycles. The summed E-state index contributed by atoms with van der Waals surface area (Å²) in [6.07, 6.45) is -3.71. The predicted molar refractivity (Wildman–Crippen MR) is 131 cm³/mol. The van der Waals surface area contributed by atoms with E-state index < -0.39 is 17.5 Å². The Kier molecular flexibility index (Phi) is 8.64. The van der Waals surface area contributed by atoms with E-state index in [2.05, 4.69) is 19.6 Å². The van der Waals surface area contributed by atoms with Crippen LogP contribution < -0.4 is 10.5 Å². The highest BCUT2D eigenvalue weighted by Gasteiger charge is 2.30. The minimum atomic E-state index is -4.42. The van der Waals surface area contributed by atoms with Crippen LogP contribution in [0.3, 0.4) is 0 Å². The molecule has 1 N–H and O–H groups in total. The average Bonchev–Trinajstić information content (AvgIpc) is 3.48. The fourth-order valence-electron chi connectivity index (χ4n) is 3.28. The van der Waals surface area contributed by atoms with E-state index in [0.29, 0.717) is 52.2 Å². The second kappa shape index (κ2) is 11.9. The normalized spacial score (nSPS) is 11.7. The van der Waals surface area contributed by atoms with Crippen LogP contribution in [0.15, 0.2) is 51.8 Å². The summed E-state index contributed by atoms with van der Waals surface area (Å²) in [6, 6.07) is 9.70. The summed E-state index contributed by atoms with van der Waals surface area (Å²) in [7, 11) is 1.61. The van der Waals surface area contributed by atoms with Gasteiger partial charge in [0.2, 0.25) is 0 Å². The molecule has 0 unspecified atom stereocenters. The quantitative estimate of drug-likeness (QED) is 0.228. The van der Waals surface area contributed by atoms with E-state index in [4.69, 9.17) is 25.8 Å². The van der Waals surface area contributed by atoms with Crippen LogP contribution in [0.5, 0.6) is 5.75 Å². The number of hydrogen-bond donors (Lipinski definition) is 1. The van der Waals surface area contributed by atoms with Gasteiger partial charge in [0.1, 0.15) is 17.4 Å². The summed E-state index contributed by atoms with van der Waals surface area (Å²) in [6.45, 7) is 1.36. The third-order valence-electron chi connectivity index (χ3n) is 5.12. The van der Waals surface area contributed by atoms with Crippen LogP contribution >= 0.6 is 22.9 Å². The third kappa shape index (κ3) is 6.98. The number of H-pyrrole nitrogens is 1. The molecule has 0 saturated carbocycles. The van der Waals surface area contributed by atoms with Gasteiger partial charge in [-0.05, 0) is 36.8 Å². The Morgan fingerprint density at radius 3 is 2.54 bits per heavy atom. The number of halogens is 4. The molecule has 0 radical (unpaired) electrons. The number of methoxy groups -OCH3 is 1. The van der Waals surface area contributed by atoms with Gasteiger partial charge in [-0.3, -0.25) is 9.51 Å². The molecule has 0 aliphatic rings. The SMILES string of the molecule is COCCCOCc1nc(-c2ccc(C(F)(F)F)cc2)sc1COc1ccc(-c2noc(=O)[nH]2)c(Cl)c1. The third-order valence-corrected chi connectivity index (χ3v) is 6.55. The molecule has 8 nitrogen and oxygen atoms in total. The fraction of sp³-hybridized carbons (Fsp3) is 0.292. The van der Waals surface area contributed by atoms with E-state index in [1.807, 2.05) is 0 Å². The van der Waals surface area contributed by atoms with E-state index in [-0.39, 0.29) is 19.0 Å². The smallest absolute Gasteiger partial charge is 0.439 e. The first-order valence-corrected chi connectivity index (χ1v) is 12.2. The second-order valence-corrected chi connectivity index (χ2v) is 9.23. The van der Waals surface area contributed by atoms with Crippen LogP contribution in [0.2, 0.25) is 5.02 Å². The van der Waals surface area contributed by atoms with Crippen molar-refractivity contribution in [3.8, 4) is 27.7 Å². The zero-order valence-electron chi connectivity index (χ0n) is 19.4. The highest BCUT2D eigenvalue weighted by Crippen LogP contribution is 2.34. The molecule has 0 spiro atoms. The van der Waals surface area contributed by atoms with Crippen LogP contribution in [-0.4, -0.2) is 35.4 Å². The summed E-state index contributed by atoms with van der Waals surface area (Å²) >= 11 is 7.62. The Labute approximate surface area is 218 Å². The minimum absolute atomic E-state index is 0.130. The molecule has 0 bridgehead atoms. The summed E-state index contributed by atoms with van der Waals surface area (Å²) in [5, 5.41) is 4.46. The van der Waals surface area contributed by atoms with Gasteiger partial charge in [0.25, 0.3) is 0 Å². The number of hydrogen-bond acceptors (Lipinski definition) is 8. The van der Waals surface area contributed by atoms with Gasteiger partial charge in [-0.1, -0.05) is 28.9 Å². The Balaban J connectivity index is 1.51. The summed E-state index contributed by atoms with van der Waals surface area (Å²) in [5.74, 6) is -0.0495. The number of rotatable bonds is 11. The maximum atomic E-state index is 12.9. The summed E-state index contributed by atoms with van der Waals surface area (Å²) < 4.78 is 60.0. The Morgan fingerprint density at radius 2 is 1.89 bits per heavy atom. The van der Waals surface area contributed by atoms with E-state index in [9.17, 15) is 18.0 Å². The second-order valence-electron chi connectivity index (χ2n) is 7.74. The first kappa shape index (κ1) is 26.9. The lowest BCUT2D eigenvalue weighted by molar-refractivity contribution is -0.137. The average molecular weight is 556 g/mol. The number of aromatic nitrogens is 3. The monoisotopic (exact) mass is 555 g/mol. The number of aromatic amines is 1. The number of nitrogens with zero attached hydrogens (tertiary/aromatic N) is 2. The minimum Gasteiger partial charge on any atom is -0.488 e. The van der Waals surface area contributed by atoms with Gasteiger partial charge in [-0.2, -0.15) is 13.2 Å². The Morgan fingerprint density at radius 1 is 1.11 bits per heavy atom. The maximum absolute atomic E-state index is 12.9. The van der Waals surface area contributed by atoms with Crippen molar-refractivity contribution >= 4 is 22.9 Å². The number of nitrogens with one attached hydrogen (secondary N) is 1. The van der Waals surface area contributed by atoms with E-state index in [1.54, 1.807) is 25.3 Å². The first-order chi connectivity index (χ1) is 17.7. The number of benzene rings is 2. The fourth-order valence-corrected chi connectivity index (χ4v) is 4.52. The van der Waals surface area contributed by atoms with Crippen LogP contribution in [0, 0.1) is 0 Å². The van der Waals surface area contributed by atoms with E-state index in [1.165, 1.54) is 23.5 Å². The van der Waals surface area contributed by atoms with Crippen molar-refractivity contribution in [2.75, 3.05) is 20.3 Å². The molecule has 2 aromatic carbocycles. The zero-order valence-corrected chi connectivity index (χ0v) is 21.0. The van der Waals surface area contributed by atoms with Crippen molar-refractivity contribution < 1.29 is 31.9 Å². The van der Waals surface area contributed by atoms with Gasteiger partial charge < -0.3 is 14.2 Å². The van der Waals surface area contributed by atoms with Crippen molar-refractivity contribution in [1.82, 2.24) is 15.1 Å². The standard InChI is InChI=1S/C24H21ClF3N3O5S/c1-33-9-2-10-34-12-19-20(37-22(29-19)14-3-5-15(6-4-14)24(26,27)28)13-35-16-7-8-17(18(25)11-16)21-30-23(32)36-31-21/h3-8,11H,2,9-10,12-13H2,1H3,(H,30,31,32). The van der Waals surface area contributed by atoms with Crippen molar-refractivity contribution in [2.24, 2.45) is 0 Å². The van der Waals surface area contributed by atoms with E-state index in [0.717, 1.165) is 17.0 Å². The zero-order chi connectivity index (χ0) is 26.4. The molecule has 196 valence electrons. The Bertz CT molecular complexity index is 1390. The predicted octanol–water partition coefficient (Wildman–Crippen LogP) is 5.96. The molecule has 0 saturated heterocycles. The molecule has 4 rings (SSSR count). The van der Waals surface area contributed by atoms with E-state index >= 15 is 0 Å². The lowest BCUT2D eigenvalue weighted by atomic mass is 10.1. The van der Waals surface area contributed by atoms with Crippen molar-refractivity contribution in [2.45, 2.75) is 25.8 Å². The molecule has 2 heterocycles. The number of thiazole rings is 1. The maximum Gasteiger partial charge on any atom is 0.439 e. The summed E-state index contributed by atoms with van der Waals surface area (Å²) in [4.78, 5) is 19.0. The lowest BCUT2D eigenvalue weighted by Gasteiger charge is -2.08. The molecule has 0 atom stereocenters. The highest BCUT2D eigenvalue weighted by atomic mass is 35.5. The van der Waals surface area contributed by atoms with Gasteiger partial charge in [0.05, 0.1) is 27.8 Å². The molecular formula is C24H21ClF3N3O5S. The van der Waals surface area contributed by atoms with Crippen LogP contribution in [0.25, 0.3) is 22.0 Å². The van der Waals surface area contributed by atoms with Gasteiger partial charge >= 0.3 is 11.9 Å². The molecule has 13 heteroatoms. The first-order valence-electron chi connectivity index (χ1n) is 11.0. The molecule has 0 aliphatic heterocycles. The lowest BCUT2D eigenvalue weighted by Crippen LogP contribution is -2.04. The molecule has 37 heavy (non-hydrogen) atoms. The van der Waals surface area contributed by atoms with Crippen LogP contribution in [0.4, 0.5) is 13.2 Å².